The number of aryl methyl sites for hydroxylation is 1. The number of anilines is 1. The van der Waals surface area contributed by atoms with Crippen molar-refractivity contribution in [2.75, 3.05) is 11.9 Å². The van der Waals surface area contributed by atoms with E-state index in [2.05, 4.69) is 16.6 Å². The van der Waals surface area contributed by atoms with Gasteiger partial charge in [-0.25, -0.2) is 4.79 Å². The summed E-state index contributed by atoms with van der Waals surface area (Å²) in [5.74, 6) is 0.461. The Balaban J connectivity index is 2.61. The van der Waals surface area contributed by atoms with Gasteiger partial charge in [0.2, 0.25) is 11.8 Å². The largest absolute Gasteiger partial charge is 0.444 e. The Bertz CT molecular complexity index is 1240. The Morgan fingerprint density at radius 2 is 1.79 bits per heavy atom. The molecule has 0 radical (unpaired) electrons. The number of nitrogens with zero attached hydrogens (tertiary/aromatic N) is 1. The number of hydrogen-bond donors (Lipinski definition) is 3. The smallest absolute Gasteiger partial charge is 0.408 e. The highest BCUT2D eigenvalue weighted by atomic mass is 35.5. The van der Waals surface area contributed by atoms with Crippen LogP contribution in [0.4, 0.5) is 10.5 Å². The van der Waals surface area contributed by atoms with Crippen LogP contribution in [0.3, 0.4) is 0 Å². The van der Waals surface area contributed by atoms with Gasteiger partial charge in [-0.05, 0) is 57.4 Å². The van der Waals surface area contributed by atoms with Gasteiger partial charge in [-0.1, -0.05) is 54.8 Å². The summed E-state index contributed by atoms with van der Waals surface area (Å²) in [4.78, 5) is 53.6. The lowest BCUT2D eigenvalue weighted by molar-refractivity contribution is -0.141. The van der Waals surface area contributed by atoms with Crippen LogP contribution in [0.1, 0.15) is 63.3 Å². The van der Waals surface area contributed by atoms with E-state index >= 15 is 0 Å². The van der Waals surface area contributed by atoms with Crippen molar-refractivity contribution < 1.29 is 23.9 Å². The minimum Gasteiger partial charge on any atom is -0.444 e. The lowest BCUT2D eigenvalue weighted by Gasteiger charge is -2.34. The quantitative estimate of drug-likeness (QED) is 0.376. The van der Waals surface area contributed by atoms with Crippen LogP contribution in [-0.2, 0) is 19.1 Å². The van der Waals surface area contributed by atoms with E-state index in [9.17, 15) is 19.2 Å². The number of nitrogens with two attached hydrogens (primary N) is 1. The highest BCUT2D eigenvalue weighted by Crippen LogP contribution is 2.31. The monoisotopic (exact) mass is 554 g/mol. The molecule has 10 heteroatoms. The predicted molar refractivity (Wildman–Crippen MR) is 151 cm³/mol. The minimum atomic E-state index is -1.39. The first-order valence-electron chi connectivity index (χ1n) is 12.5. The Morgan fingerprint density at radius 1 is 1.13 bits per heavy atom. The highest BCUT2D eigenvalue weighted by molar-refractivity contribution is 6.34. The second-order valence-corrected chi connectivity index (χ2v) is 10.4. The third-order valence-electron chi connectivity index (χ3n) is 5.58. The molecule has 0 bridgehead atoms. The lowest BCUT2D eigenvalue weighted by atomic mass is 9.96. The summed E-state index contributed by atoms with van der Waals surface area (Å²) < 4.78 is 5.28. The van der Waals surface area contributed by atoms with Gasteiger partial charge in [-0.15, -0.1) is 6.42 Å². The summed E-state index contributed by atoms with van der Waals surface area (Å²) in [5.41, 5.74) is 6.45. The summed E-state index contributed by atoms with van der Waals surface area (Å²) in [7, 11) is 0. The van der Waals surface area contributed by atoms with Crippen LogP contribution >= 0.6 is 11.6 Å². The average molecular weight is 555 g/mol. The van der Waals surface area contributed by atoms with Crippen LogP contribution < -0.4 is 16.4 Å². The molecule has 2 atom stereocenters. The number of carbonyl (C=O) groups excluding carboxylic acids is 4. The second kappa shape index (κ2) is 13.7. The highest BCUT2D eigenvalue weighted by Gasteiger charge is 2.37. The van der Waals surface area contributed by atoms with Gasteiger partial charge in [0.05, 0.1) is 17.1 Å². The molecule has 9 nitrogen and oxygen atoms in total. The van der Waals surface area contributed by atoms with E-state index in [0.29, 0.717) is 33.8 Å². The number of amides is 4. The van der Waals surface area contributed by atoms with Crippen molar-refractivity contribution in [3.05, 3.63) is 64.2 Å². The van der Waals surface area contributed by atoms with Crippen LogP contribution in [0.15, 0.2) is 42.5 Å². The predicted octanol–water partition coefficient (Wildman–Crippen LogP) is 4.32. The number of rotatable bonds is 10. The molecule has 4 amide bonds. The van der Waals surface area contributed by atoms with Crippen molar-refractivity contribution >= 4 is 41.1 Å². The first-order valence-corrected chi connectivity index (χ1v) is 12.9. The van der Waals surface area contributed by atoms with E-state index < -0.39 is 47.9 Å². The minimum absolute atomic E-state index is 0.0998. The van der Waals surface area contributed by atoms with E-state index in [0.717, 1.165) is 0 Å². The second-order valence-electron chi connectivity index (χ2n) is 9.96. The molecular weight excluding hydrogens is 520 g/mol. The van der Waals surface area contributed by atoms with Gasteiger partial charge in [0, 0.05) is 12.1 Å². The number of carbonyl (C=O) groups is 4. The van der Waals surface area contributed by atoms with Crippen molar-refractivity contribution in [3.63, 3.8) is 0 Å². The number of halogens is 1. The van der Waals surface area contributed by atoms with Crippen LogP contribution in [0, 0.1) is 19.3 Å². The molecule has 2 unspecified atom stereocenters. The van der Waals surface area contributed by atoms with E-state index in [1.807, 2.05) is 6.92 Å². The van der Waals surface area contributed by atoms with Crippen LogP contribution in [0.5, 0.6) is 0 Å². The number of hydrogen-bond acceptors (Lipinski definition) is 5. The van der Waals surface area contributed by atoms with Gasteiger partial charge in [0.15, 0.2) is 0 Å². The average Bonchev–Trinajstić information content (AvgIpc) is 2.84. The fraction of sp³-hybridized carbons (Fsp3) is 0.379. The Kier molecular flexibility index (Phi) is 10.9. The summed E-state index contributed by atoms with van der Waals surface area (Å²) in [6, 6.07) is 9.29. The van der Waals surface area contributed by atoms with Crippen LogP contribution in [0.2, 0.25) is 5.02 Å². The molecule has 0 saturated heterocycles. The Labute approximate surface area is 234 Å². The zero-order valence-corrected chi connectivity index (χ0v) is 23.6. The maximum atomic E-state index is 14.0. The number of benzene rings is 2. The molecular formula is C29H35ClN4O5. The molecule has 0 spiro atoms. The van der Waals surface area contributed by atoms with Gasteiger partial charge in [0.1, 0.15) is 17.7 Å². The first kappa shape index (κ1) is 31.2. The van der Waals surface area contributed by atoms with E-state index in [4.69, 9.17) is 28.5 Å². The first-order chi connectivity index (χ1) is 18.3. The summed E-state index contributed by atoms with van der Waals surface area (Å²) in [5, 5.41) is 5.59. The van der Waals surface area contributed by atoms with Crippen molar-refractivity contribution in [1.82, 2.24) is 10.2 Å². The zero-order chi connectivity index (χ0) is 29.3. The van der Waals surface area contributed by atoms with Gasteiger partial charge in [-0.2, -0.15) is 0 Å². The zero-order valence-electron chi connectivity index (χ0n) is 22.8. The molecule has 0 aliphatic heterocycles. The molecule has 208 valence electrons. The molecule has 0 heterocycles. The topological polar surface area (TPSA) is 131 Å². The van der Waals surface area contributed by atoms with Crippen LogP contribution in [0.25, 0.3) is 0 Å². The Hall–Kier alpha value is -4.03. The van der Waals surface area contributed by atoms with Crippen LogP contribution in [-0.4, -0.2) is 46.9 Å². The fourth-order valence-corrected chi connectivity index (χ4v) is 4.23. The third kappa shape index (κ3) is 8.76. The Morgan fingerprint density at radius 3 is 2.36 bits per heavy atom. The third-order valence-corrected chi connectivity index (χ3v) is 5.90. The van der Waals surface area contributed by atoms with Gasteiger partial charge >= 0.3 is 6.09 Å². The van der Waals surface area contributed by atoms with E-state index in [1.165, 1.54) is 4.90 Å². The molecule has 4 N–H and O–H groups in total. The van der Waals surface area contributed by atoms with Gasteiger partial charge < -0.3 is 26.0 Å². The van der Waals surface area contributed by atoms with Crippen molar-refractivity contribution in [2.24, 2.45) is 5.73 Å². The number of nitrogens with one attached hydrogen (secondary N) is 2. The standard InChI is InChI=1S/C29H35ClN4O5/c1-7-16-34(27(37)22(17-23(31)35)32-28(38)39-29(4,5)6)25(20-14-10-9-13-19(20)8-2)26(36)33-24-18(3)12-11-15-21(24)30/h2,9-15,22,25H,7,16-17H2,1,3-6H3,(H2,31,35)(H,32,38)(H,33,36). The molecule has 0 aliphatic rings. The molecule has 0 aliphatic carbocycles. The maximum absolute atomic E-state index is 14.0. The van der Waals surface area contributed by atoms with Crippen molar-refractivity contribution in [3.8, 4) is 12.3 Å². The summed E-state index contributed by atoms with van der Waals surface area (Å²) in [6.45, 7) is 8.69. The number of primary amides is 1. The maximum Gasteiger partial charge on any atom is 0.408 e. The summed E-state index contributed by atoms with van der Waals surface area (Å²) >= 11 is 6.36. The number of para-hydroxylation sites is 1. The normalized spacial score (nSPS) is 12.4. The fourth-order valence-electron chi connectivity index (χ4n) is 3.96. The molecule has 2 aromatic rings. The molecule has 2 aromatic carbocycles. The molecule has 39 heavy (non-hydrogen) atoms. The molecule has 0 aromatic heterocycles. The molecule has 2 rings (SSSR count). The van der Waals surface area contributed by atoms with Gasteiger partial charge in [0.25, 0.3) is 5.91 Å². The number of alkyl carbamates (subject to hydrolysis) is 1. The van der Waals surface area contributed by atoms with Crippen molar-refractivity contribution in [1.29, 1.82) is 0 Å². The SMILES string of the molecule is C#Cc1ccccc1C(C(=O)Nc1c(C)cccc1Cl)N(CCC)C(=O)C(CC(N)=O)NC(=O)OC(C)(C)C. The summed E-state index contributed by atoms with van der Waals surface area (Å²) in [6.07, 6.45) is 4.79. The molecule has 0 fully saturated rings. The van der Waals surface area contributed by atoms with E-state index in [-0.39, 0.29) is 6.54 Å². The van der Waals surface area contributed by atoms with Gasteiger partial charge in [-0.3, -0.25) is 14.4 Å². The number of terminal acetylenes is 1. The number of ether oxygens (including phenoxy) is 1. The van der Waals surface area contributed by atoms with Crippen molar-refractivity contribution in [2.45, 2.75) is 65.1 Å². The molecule has 0 saturated carbocycles. The van der Waals surface area contributed by atoms with E-state index in [1.54, 1.807) is 70.2 Å². The lowest BCUT2D eigenvalue weighted by Crippen LogP contribution is -2.53.